The first kappa shape index (κ1) is 20.6. The second kappa shape index (κ2) is 9.02. The lowest BCUT2D eigenvalue weighted by Crippen LogP contribution is -2.27. The molecule has 1 aromatic carbocycles. The molecule has 8 heteroatoms. The number of amides is 1. The Morgan fingerprint density at radius 1 is 1.30 bits per heavy atom. The summed E-state index contributed by atoms with van der Waals surface area (Å²) in [5, 5.41) is 12.4. The number of carbonyl (C=O) groups excluding carboxylic acids is 1. The molecule has 3 aromatic rings. The van der Waals surface area contributed by atoms with E-state index in [1.807, 2.05) is 37.3 Å². The maximum Gasteiger partial charge on any atom is 0.267 e. The van der Waals surface area contributed by atoms with E-state index in [-0.39, 0.29) is 23.8 Å². The predicted molar refractivity (Wildman–Crippen MR) is 121 cm³/mol. The highest BCUT2D eigenvalue weighted by atomic mass is 32.2. The van der Waals surface area contributed by atoms with Crippen molar-refractivity contribution in [3.63, 3.8) is 0 Å². The van der Waals surface area contributed by atoms with Crippen LogP contribution in [0.2, 0.25) is 0 Å². The van der Waals surface area contributed by atoms with Gasteiger partial charge in [-0.1, -0.05) is 36.4 Å². The summed E-state index contributed by atoms with van der Waals surface area (Å²) in [6.45, 7) is 1.93. The molecule has 1 aliphatic carbocycles. The molecule has 1 amide bonds. The van der Waals surface area contributed by atoms with Gasteiger partial charge in [-0.15, -0.1) is 11.3 Å². The van der Waals surface area contributed by atoms with Gasteiger partial charge in [-0.2, -0.15) is 5.26 Å². The van der Waals surface area contributed by atoms with Crippen molar-refractivity contribution in [1.29, 1.82) is 5.26 Å². The Morgan fingerprint density at radius 2 is 2.10 bits per heavy atom. The zero-order valence-corrected chi connectivity index (χ0v) is 18.4. The van der Waals surface area contributed by atoms with Gasteiger partial charge in [-0.25, -0.2) is 4.98 Å². The minimum atomic E-state index is -0.255. The summed E-state index contributed by atoms with van der Waals surface area (Å²) < 4.78 is 1.65. The normalized spacial score (nSPS) is 13.5. The Bertz CT molecular complexity index is 1210. The van der Waals surface area contributed by atoms with Crippen molar-refractivity contribution in [3.8, 4) is 11.8 Å². The van der Waals surface area contributed by atoms with Gasteiger partial charge < -0.3 is 5.32 Å². The molecule has 30 heavy (non-hydrogen) atoms. The van der Waals surface area contributed by atoms with Gasteiger partial charge in [-0.05, 0) is 49.8 Å². The average Bonchev–Trinajstić information content (AvgIpc) is 2.93. The number of carbonyl (C=O) groups is 1. The fraction of sp³-hybridized carbons (Fsp3) is 0.364. The van der Waals surface area contributed by atoms with E-state index < -0.39 is 0 Å². The molecule has 0 bridgehead atoms. The van der Waals surface area contributed by atoms with Gasteiger partial charge in [0.25, 0.3) is 5.56 Å². The highest BCUT2D eigenvalue weighted by molar-refractivity contribution is 7.99. The predicted octanol–water partition coefficient (Wildman–Crippen LogP) is 3.76. The van der Waals surface area contributed by atoms with Crippen molar-refractivity contribution in [2.24, 2.45) is 0 Å². The zero-order chi connectivity index (χ0) is 21.1. The van der Waals surface area contributed by atoms with E-state index in [4.69, 9.17) is 10.2 Å². The summed E-state index contributed by atoms with van der Waals surface area (Å²) in [7, 11) is 0. The molecule has 0 spiro atoms. The molecule has 1 N–H and O–H groups in total. The third-order valence-electron chi connectivity index (χ3n) is 5.26. The molecule has 4 rings (SSSR count). The monoisotopic (exact) mass is 438 g/mol. The molecule has 0 aliphatic heterocycles. The van der Waals surface area contributed by atoms with E-state index in [2.05, 4.69) is 5.32 Å². The SMILES string of the molecule is Cc1ccccc1-n1c(SCC(=O)NCC#N)nc2sc3c(c2c1=O)CCCCC3. The van der Waals surface area contributed by atoms with Crippen LogP contribution in [-0.4, -0.2) is 27.8 Å². The van der Waals surface area contributed by atoms with Crippen LogP contribution < -0.4 is 10.9 Å². The van der Waals surface area contributed by atoms with E-state index in [9.17, 15) is 9.59 Å². The molecular weight excluding hydrogens is 416 g/mol. The summed E-state index contributed by atoms with van der Waals surface area (Å²) in [6.07, 6.45) is 5.35. The number of nitriles is 1. The number of para-hydroxylation sites is 1. The minimum Gasteiger partial charge on any atom is -0.342 e. The molecular formula is C22H22N4O2S2. The van der Waals surface area contributed by atoms with Gasteiger partial charge in [0, 0.05) is 4.88 Å². The standard InChI is InChI=1S/C22H22N4O2S2/c1-14-7-5-6-9-16(14)26-21(28)19-15-8-3-2-4-10-17(15)30-20(19)25-22(26)29-13-18(27)24-12-11-23/h5-7,9H,2-4,8,10,12-13H2,1H3,(H,24,27). The number of nitrogens with zero attached hydrogens (tertiary/aromatic N) is 3. The van der Waals surface area contributed by atoms with E-state index in [1.165, 1.54) is 23.1 Å². The number of thiophene rings is 1. The van der Waals surface area contributed by atoms with E-state index >= 15 is 0 Å². The summed E-state index contributed by atoms with van der Waals surface area (Å²) in [5.74, 6) is -0.162. The first-order valence-corrected chi connectivity index (χ1v) is 11.8. The number of aryl methyl sites for hydroxylation is 3. The number of rotatable bonds is 5. The number of fused-ring (bicyclic) bond motifs is 3. The smallest absolute Gasteiger partial charge is 0.267 e. The van der Waals surface area contributed by atoms with Crippen LogP contribution in [0.1, 0.15) is 35.3 Å². The topological polar surface area (TPSA) is 87.8 Å². The Hall–Kier alpha value is -2.63. The first-order valence-electron chi connectivity index (χ1n) is 10.00. The van der Waals surface area contributed by atoms with Crippen molar-refractivity contribution >= 4 is 39.2 Å². The molecule has 6 nitrogen and oxygen atoms in total. The van der Waals surface area contributed by atoms with Crippen molar-refractivity contribution in [3.05, 3.63) is 50.6 Å². The molecule has 2 heterocycles. The van der Waals surface area contributed by atoms with Crippen LogP contribution in [0.3, 0.4) is 0 Å². The van der Waals surface area contributed by atoms with Crippen LogP contribution in [-0.2, 0) is 17.6 Å². The van der Waals surface area contributed by atoms with Crippen LogP contribution in [0.25, 0.3) is 15.9 Å². The van der Waals surface area contributed by atoms with Crippen molar-refractivity contribution in [2.75, 3.05) is 12.3 Å². The highest BCUT2D eigenvalue weighted by Crippen LogP contribution is 2.34. The van der Waals surface area contributed by atoms with Crippen molar-refractivity contribution < 1.29 is 4.79 Å². The second-order valence-corrected chi connectivity index (χ2v) is 9.32. The minimum absolute atomic E-state index is 0.0336. The largest absolute Gasteiger partial charge is 0.342 e. The maximum absolute atomic E-state index is 13.7. The fourth-order valence-electron chi connectivity index (χ4n) is 3.81. The lowest BCUT2D eigenvalue weighted by Gasteiger charge is -2.14. The van der Waals surface area contributed by atoms with Gasteiger partial charge in [0.1, 0.15) is 11.4 Å². The number of hydrogen-bond acceptors (Lipinski definition) is 6. The molecule has 0 saturated carbocycles. The highest BCUT2D eigenvalue weighted by Gasteiger charge is 2.23. The van der Waals surface area contributed by atoms with Crippen LogP contribution in [0.15, 0.2) is 34.2 Å². The molecule has 2 aromatic heterocycles. The van der Waals surface area contributed by atoms with Gasteiger partial charge in [0.05, 0.1) is 22.9 Å². The summed E-state index contributed by atoms with van der Waals surface area (Å²) >= 11 is 2.84. The Kier molecular flexibility index (Phi) is 6.21. The fourth-order valence-corrected chi connectivity index (χ4v) is 5.94. The Morgan fingerprint density at radius 3 is 2.90 bits per heavy atom. The molecule has 154 valence electrons. The van der Waals surface area contributed by atoms with Crippen molar-refractivity contribution in [1.82, 2.24) is 14.9 Å². The van der Waals surface area contributed by atoms with E-state index in [0.29, 0.717) is 5.16 Å². The number of nitrogens with one attached hydrogen (secondary N) is 1. The van der Waals surface area contributed by atoms with Crippen LogP contribution in [0.4, 0.5) is 0 Å². The van der Waals surface area contributed by atoms with Gasteiger partial charge >= 0.3 is 0 Å². The lowest BCUT2D eigenvalue weighted by molar-refractivity contribution is -0.118. The van der Waals surface area contributed by atoms with Crippen LogP contribution >= 0.6 is 23.1 Å². The third-order valence-corrected chi connectivity index (χ3v) is 7.39. The molecule has 0 unspecified atom stereocenters. The summed E-state index contributed by atoms with van der Waals surface area (Å²) in [6, 6.07) is 9.62. The first-order chi connectivity index (χ1) is 14.6. The van der Waals surface area contributed by atoms with Crippen LogP contribution in [0, 0.1) is 18.3 Å². The maximum atomic E-state index is 13.7. The third kappa shape index (κ3) is 4.00. The van der Waals surface area contributed by atoms with Crippen molar-refractivity contribution in [2.45, 2.75) is 44.2 Å². The Labute approximate surface area is 182 Å². The average molecular weight is 439 g/mol. The molecule has 0 radical (unpaired) electrons. The van der Waals surface area contributed by atoms with Gasteiger partial charge in [-0.3, -0.25) is 14.2 Å². The summed E-state index contributed by atoms with van der Waals surface area (Å²) in [4.78, 5) is 32.7. The van der Waals surface area contributed by atoms with E-state index in [1.54, 1.807) is 15.9 Å². The molecule has 0 saturated heterocycles. The molecule has 0 fully saturated rings. The van der Waals surface area contributed by atoms with Gasteiger partial charge in [0.2, 0.25) is 5.91 Å². The quantitative estimate of drug-likeness (QED) is 0.284. The van der Waals surface area contributed by atoms with Gasteiger partial charge in [0.15, 0.2) is 5.16 Å². The number of aromatic nitrogens is 2. The number of benzene rings is 1. The number of thioether (sulfide) groups is 1. The van der Waals surface area contributed by atoms with E-state index in [0.717, 1.165) is 52.7 Å². The Balaban J connectivity index is 1.86. The van der Waals surface area contributed by atoms with Crippen LogP contribution in [0.5, 0.6) is 0 Å². The summed E-state index contributed by atoms with van der Waals surface area (Å²) in [5.41, 5.74) is 2.85. The molecule has 0 atom stereocenters. The second-order valence-electron chi connectivity index (χ2n) is 7.29. The lowest BCUT2D eigenvalue weighted by atomic mass is 10.1. The molecule has 1 aliphatic rings. The zero-order valence-electron chi connectivity index (χ0n) is 16.7. The number of hydrogen-bond donors (Lipinski definition) is 1.